The number of oxime groups is 1. The van der Waals surface area contributed by atoms with Gasteiger partial charge in [-0.1, -0.05) is 48.0 Å². The van der Waals surface area contributed by atoms with Gasteiger partial charge in [-0.05, 0) is 54.8 Å². The Kier molecular flexibility index (Phi) is 9.79. The minimum atomic E-state index is -0.470. The predicted octanol–water partition coefficient (Wildman–Crippen LogP) is 4.26. The molecule has 1 fully saturated rings. The zero-order valence-electron chi connectivity index (χ0n) is 19.4. The van der Waals surface area contributed by atoms with Crippen LogP contribution in [0.4, 0.5) is 0 Å². The molecule has 1 heterocycles. The van der Waals surface area contributed by atoms with E-state index in [9.17, 15) is 4.79 Å². The van der Waals surface area contributed by atoms with Crippen LogP contribution in [0.2, 0.25) is 0 Å². The van der Waals surface area contributed by atoms with E-state index in [1.807, 2.05) is 48.5 Å². The number of methoxy groups -OCH3 is 2. The average Bonchev–Trinajstić information content (AvgIpc) is 2.86. The van der Waals surface area contributed by atoms with Crippen molar-refractivity contribution in [2.24, 2.45) is 5.16 Å². The topological polar surface area (TPSA) is 69.6 Å². The van der Waals surface area contributed by atoms with Crippen molar-refractivity contribution in [2.45, 2.75) is 25.9 Å². The molecule has 0 spiro atoms. The lowest BCUT2D eigenvalue weighted by Crippen LogP contribution is -2.32. The second-order valence-electron chi connectivity index (χ2n) is 7.75. The molecule has 0 unspecified atom stereocenters. The molecule has 0 N–H and O–H groups in total. The van der Waals surface area contributed by atoms with Crippen LogP contribution in [-0.4, -0.2) is 57.5 Å². The molecule has 7 heteroatoms. The van der Waals surface area contributed by atoms with Crippen LogP contribution in [0.3, 0.4) is 0 Å². The van der Waals surface area contributed by atoms with Crippen LogP contribution in [0.15, 0.2) is 59.9 Å². The number of likely N-dealkylation sites (tertiary alicyclic amines) is 1. The Morgan fingerprint density at radius 3 is 2.67 bits per heavy atom. The van der Waals surface area contributed by atoms with E-state index in [-0.39, 0.29) is 6.61 Å². The summed E-state index contributed by atoms with van der Waals surface area (Å²) < 4.78 is 15.9. The molecule has 0 radical (unpaired) electrons. The van der Waals surface area contributed by atoms with Crippen LogP contribution in [0.5, 0.6) is 5.75 Å². The Balaban J connectivity index is 1.56. The first kappa shape index (κ1) is 24.3. The third-order valence-electron chi connectivity index (χ3n) is 5.42. The third-order valence-corrected chi connectivity index (χ3v) is 5.42. The highest BCUT2D eigenvalue weighted by molar-refractivity contribution is 6.16. The standard InChI is InChI=1S/C26H32N2O5/c1-30-20-25(26(29)31-2)24-12-5-4-10-22(24)19-32-23-11-8-9-21(17-23)18-27-33-16-15-28-13-6-3-7-14-28/h4-5,8-12,17-18,20H,3,6-7,13-16,19H2,1-2H3/b25-20-,27-18+. The maximum Gasteiger partial charge on any atom is 0.341 e. The summed E-state index contributed by atoms with van der Waals surface area (Å²) in [6.45, 7) is 4.07. The lowest BCUT2D eigenvalue weighted by atomic mass is 10.0. The minimum Gasteiger partial charge on any atom is -0.503 e. The Morgan fingerprint density at radius 1 is 1.06 bits per heavy atom. The first-order valence-corrected chi connectivity index (χ1v) is 11.2. The molecule has 3 rings (SSSR count). The molecule has 176 valence electrons. The Hall–Kier alpha value is -3.32. The molecule has 1 aliphatic heterocycles. The largest absolute Gasteiger partial charge is 0.503 e. The van der Waals surface area contributed by atoms with Gasteiger partial charge < -0.3 is 19.0 Å². The minimum absolute atomic E-state index is 0.279. The van der Waals surface area contributed by atoms with Crippen LogP contribution < -0.4 is 4.74 Å². The van der Waals surface area contributed by atoms with Gasteiger partial charge in [-0.15, -0.1) is 0 Å². The SMILES string of the molecule is CO/C=C(\C(=O)OC)c1ccccc1COc1cccc(/C=N/OCCN2CCCCC2)c1. The molecule has 0 aromatic heterocycles. The van der Waals surface area contributed by atoms with Gasteiger partial charge in [0.15, 0.2) is 0 Å². The van der Waals surface area contributed by atoms with Gasteiger partial charge in [0.1, 0.15) is 24.5 Å². The van der Waals surface area contributed by atoms with Crippen molar-refractivity contribution in [3.63, 3.8) is 0 Å². The molecule has 7 nitrogen and oxygen atoms in total. The summed E-state index contributed by atoms with van der Waals surface area (Å²) in [7, 11) is 2.84. The molecule has 2 aromatic rings. The Labute approximate surface area is 195 Å². The first-order chi connectivity index (χ1) is 16.2. The van der Waals surface area contributed by atoms with E-state index in [4.69, 9.17) is 19.0 Å². The van der Waals surface area contributed by atoms with Crippen molar-refractivity contribution in [3.05, 3.63) is 71.5 Å². The lowest BCUT2D eigenvalue weighted by molar-refractivity contribution is -0.133. The van der Waals surface area contributed by atoms with Gasteiger partial charge in [-0.2, -0.15) is 0 Å². The van der Waals surface area contributed by atoms with E-state index >= 15 is 0 Å². The van der Waals surface area contributed by atoms with E-state index in [1.54, 1.807) is 6.21 Å². The fourth-order valence-electron chi connectivity index (χ4n) is 3.71. The molecular weight excluding hydrogens is 420 g/mol. The lowest BCUT2D eigenvalue weighted by Gasteiger charge is -2.25. The predicted molar refractivity (Wildman–Crippen MR) is 128 cm³/mol. The van der Waals surface area contributed by atoms with Gasteiger partial charge in [-0.3, -0.25) is 4.90 Å². The monoisotopic (exact) mass is 452 g/mol. The third kappa shape index (κ3) is 7.64. The summed E-state index contributed by atoms with van der Waals surface area (Å²) in [5.41, 5.74) is 2.76. The number of hydrogen-bond acceptors (Lipinski definition) is 7. The van der Waals surface area contributed by atoms with Crippen molar-refractivity contribution in [1.29, 1.82) is 0 Å². The molecule has 2 aromatic carbocycles. The van der Waals surface area contributed by atoms with Crippen LogP contribution in [0.1, 0.15) is 36.0 Å². The summed E-state index contributed by atoms with van der Waals surface area (Å²) in [5.74, 6) is 0.222. The smallest absolute Gasteiger partial charge is 0.341 e. The first-order valence-electron chi connectivity index (χ1n) is 11.2. The average molecular weight is 453 g/mol. The van der Waals surface area contributed by atoms with Crippen molar-refractivity contribution < 1.29 is 23.8 Å². The molecule has 0 saturated carbocycles. The second-order valence-corrected chi connectivity index (χ2v) is 7.75. The van der Waals surface area contributed by atoms with Crippen LogP contribution >= 0.6 is 0 Å². The summed E-state index contributed by atoms with van der Waals surface area (Å²) in [6.07, 6.45) is 6.94. The Morgan fingerprint density at radius 2 is 1.88 bits per heavy atom. The number of benzene rings is 2. The summed E-state index contributed by atoms with van der Waals surface area (Å²) in [6, 6.07) is 15.1. The molecule has 0 bridgehead atoms. The van der Waals surface area contributed by atoms with E-state index in [0.717, 1.165) is 30.8 Å². The van der Waals surface area contributed by atoms with Crippen LogP contribution in [0.25, 0.3) is 5.57 Å². The van der Waals surface area contributed by atoms with Gasteiger partial charge in [0.2, 0.25) is 0 Å². The number of carbonyl (C=O) groups excluding carboxylic acids is 1. The van der Waals surface area contributed by atoms with Crippen LogP contribution in [-0.2, 0) is 25.7 Å². The quantitative estimate of drug-likeness (QED) is 0.127. The zero-order valence-corrected chi connectivity index (χ0v) is 19.4. The number of rotatable bonds is 11. The summed E-state index contributed by atoms with van der Waals surface area (Å²) in [5, 5.41) is 4.09. The van der Waals surface area contributed by atoms with Crippen molar-refractivity contribution in [1.82, 2.24) is 4.90 Å². The number of carbonyl (C=O) groups is 1. The molecule has 1 saturated heterocycles. The van der Waals surface area contributed by atoms with Crippen molar-refractivity contribution in [2.75, 3.05) is 40.5 Å². The second kappa shape index (κ2) is 13.3. The van der Waals surface area contributed by atoms with Gasteiger partial charge in [-0.25, -0.2) is 4.79 Å². The number of hydrogen-bond donors (Lipinski definition) is 0. The van der Waals surface area contributed by atoms with E-state index in [1.165, 1.54) is 39.7 Å². The van der Waals surface area contributed by atoms with Crippen molar-refractivity contribution in [3.8, 4) is 5.75 Å². The summed E-state index contributed by atoms with van der Waals surface area (Å²) in [4.78, 5) is 20.0. The fraction of sp³-hybridized carbons (Fsp3) is 0.385. The highest BCUT2D eigenvalue weighted by Crippen LogP contribution is 2.23. The molecule has 0 atom stereocenters. The van der Waals surface area contributed by atoms with Gasteiger partial charge in [0, 0.05) is 6.54 Å². The highest BCUT2D eigenvalue weighted by Gasteiger charge is 2.17. The fourth-order valence-corrected chi connectivity index (χ4v) is 3.71. The van der Waals surface area contributed by atoms with E-state index in [0.29, 0.717) is 23.5 Å². The van der Waals surface area contributed by atoms with Gasteiger partial charge >= 0.3 is 5.97 Å². The normalized spacial score (nSPS) is 14.8. The van der Waals surface area contributed by atoms with E-state index in [2.05, 4.69) is 10.1 Å². The number of piperidine rings is 1. The number of nitrogens with zero attached hydrogens (tertiary/aromatic N) is 2. The number of esters is 1. The van der Waals surface area contributed by atoms with Gasteiger partial charge in [0.25, 0.3) is 0 Å². The Bertz CT molecular complexity index is 951. The van der Waals surface area contributed by atoms with Gasteiger partial charge in [0.05, 0.1) is 26.7 Å². The molecule has 0 amide bonds. The van der Waals surface area contributed by atoms with Crippen molar-refractivity contribution >= 4 is 17.8 Å². The molecule has 33 heavy (non-hydrogen) atoms. The van der Waals surface area contributed by atoms with Crippen LogP contribution in [0, 0.1) is 0 Å². The molecule has 1 aliphatic rings. The maximum absolute atomic E-state index is 12.2. The van der Waals surface area contributed by atoms with E-state index < -0.39 is 5.97 Å². The zero-order chi connectivity index (χ0) is 23.3. The number of ether oxygens (including phenoxy) is 3. The maximum atomic E-state index is 12.2. The molecular formula is C26H32N2O5. The summed E-state index contributed by atoms with van der Waals surface area (Å²) >= 11 is 0. The molecule has 0 aliphatic carbocycles. The highest BCUT2D eigenvalue weighted by atomic mass is 16.6.